The second-order valence-electron chi connectivity index (χ2n) is 2.97. The highest BCUT2D eigenvalue weighted by Crippen LogP contribution is 2.21. The number of pyridine rings is 2. The maximum Gasteiger partial charge on any atom is 0.165 e. The first-order valence-corrected chi connectivity index (χ1v) is 5.10. The molecule has 0 amide bonds. The number of aromatic nitrogens is 2. The Morgan fingerprint density at radius 3 is 2.62 bits per heavy atom. The van der Waals surface area contributed by atoms with Gasteiger partial charge in [0.25, 0.3) is 0 Å². The standard InChI is InChI=1S/C10H6Cl2FN3/c11-6-1-2-10(15-4-6)16-8-3-9(12)14-5-7(8)13/h1-5H,(H,14,15,16). The lowest BCUT2D eigenvalue weighted by Crippen LogP contribution is -1.96. The summed E-state index contributed by atoms with van der Waals surface area (Å²) in [6.45, 7) is 0. The van der Waals surface area contributed by atoms with E-state index in [0.29, 0.717) is 10.8 Å². The summed E-state index contributed by atoms with van der Waals surface area (Å²) in [5.74, 6) is -0.0216. The molecule has 0 bridgehead atoms. The lowest BCUT2D eigenvalue weighted by Gasteiger charge is -2.06. The van der Waals surface area contributed by atoms with E-state index in [2.05, 4.69) is 15.3 Å². The summed E-state index contributed by atoms with van der Waals surface area (Å²) in [6.07, 6.45) is 2.51. The fourth-order valence-electron chi connectivity index (χ4n) is 1.10. The number of anilines is 2. The highest BCUT2D eigenvalue weighted by Gasteiger charge is 2.04. The normalized spacial score (nSPS) is 10.2. The van der Waals surface area contributed by atoms with Crippen molar-refractivity contribution in [2.75, 3.05) is 5.32 Å². The maximum atomic E-state index is 13.3. The zero-order valence-electron chi connectivity index (χ0n) is 7.92. The van der Waals surface area contributed by atoms with Crippen molar-refractivity contribution in [3.8, 4) is 0 Å². The molecule has 1 N–H and O–H groups in total. The summed E-state index contributed by atoms with van der Waals surface area (Å²) in [7, 11) is 0. The number of hydrogen-bond donors (Lipinski definition) is 1. The predicted octanol–water partition coefficient (Wildman–Crippen LogP) is 3.67. The summed E-state index contributed by atoms with van der Waals surface area (Å²) in [5.41, 5.74) is 0.217. The van der Waals surface area contributed by atoms with Crippen LogP contribution in [0.2, 0.25) is 10.2 Å². The first-order valence-electron chi connectivity index (χ1n) is 4.35. The van der Waals surface area contributed by atoms with Crippen LogP contribution in [-0.4, -0.2) is 9.97 Å². The molecular formula is C10H6Cl2FN3. The average Bonchev–Trinajstić information content (AvgIpc) is 2.27. The van der Waals surface area contributed by atoms with Gasteiger partial charge in [0.1, 0.15) is 11.0 Å². The van der Waals surface area contributed by atoms with E-state index in [9.17, 15) is 4.39 Å². The summed E-state index contributed by atoms with van der Waals surface area (Å²) in [4.78, 5) is 7.58. The van der Waals surface area contributed by atoms with Crippen molar-refractivity contribution in [2.24, 2.45) is 0 Å². The van der Waals surface area contributed by atoms with Crippen LogP contribution in [0.4, 0.5) is 15.9 Å². The Kier molecular flexibility index (Phi) is 3.22. The van der Waals surface area contributed by atoms with E-state index in [1.165, 1.54) is 12.3 Å². The molecule has 0 fully saturated rings. The van der Waals surface area contributed by atoms with Crippen LogP contribution < -0.4 is 5.32 Å². The lowest BCUT2D eigenvalue weighted by atomic mass is 10.3. The molecular weight excluding hydrogens is 252 g/mol. The Balaban J connectivity index is 2.26. The molecule has 16 heavy (non-hydrogen) atoms. The smallest absolute Gasteiger partial charge is 0.165 e. The molecule has 0 saturated carbocycles. The Hall–Kier alpha value is -1.39. The van der Waals surface area contributed by atoms with Crippen molar-refractivity contribution in [3.05, 3.63) is 46.6 Å². The van der Waals surface area contributed by atoms with Gasteiger partial charge in [0, 0.05) is 12.3 Å². The molecule has 0 unspecified atom stereocenters. The first kappa shape index (κ1) is 11.1. The topological polar surface area (TPSA) is 37.8 Å². The molecule has 0 spiro atoms. The van der Waals surface area contributed by atoms with Crippen LogP contribution in [0, 0.1) is 5.82 Å². The van der Waals surface area contributed by atoms with Gasteiger partial charge in [-0.15, -0.1) is 0 Å². The summed E-state index contributed by atoms with van der Waals surface area (Å²) in [6, 6.07) is 4.67. The van der Waals surface area contributed by atoms with Crippen LogP contribution in [0.3, 0.4) is 0 Å². The van der Waals surface area contributed by atoms with Gasteiger partial charge >= 0.3 is 0 Å². The lowest BCUT2D eigenvalue weighted by molar-refractivity contribution is 0.625. The van der Waals surface area contributed by atoms with Crippen LogP contribution in [0.15, 0.2) is 30.6 Å². The molecule has 82 valence electrons. The zero-order valence-corrected chi connectivity index (χ0v) is 9.43. The van der Waals surface area contributed by atoms with E-state index in [4.69, 9.17) is 23.2 Å². The zero-order chi connectivity index (χ0) is 11.5. The summed E-state index contributed by atoms with van der Waals surface area (Å²) < 4.78 is 13.3. The second kappa shape index (κ2) is 4.63. The number of nitrogens with zero attached hydrogens (tertiary/aromatic N) is 2. The van der Waals surface area contributed by atoms with Crippen molar-refractivity contribution >= 4 is 34.7 Å². The minimum atomic E-state index is -0.499. The molecule has 0 aromatic carbocycles. The van der Waals surface area contributed by atoms with Gasteiger partial charge < -0.3 is 5.32 Å². The Bertz CT molecular complexity index is 502. The molecule has 6 heteroatoms. The SMILES string of the molecule is Fc1cnc(Cl)cc1Nc1ccc(Cl)cn1. The number of halogens is 3. The molecule has 2 aromatic rings. The molecule has 0 aliphatic rings. The highest BCUT2D eigenvalue weighted by molar-refractivity contribution is 6.30. The summed E-state index contributed by atoms with van der Waals surface area (Å²) in [5, 5.41) is 3.49. The van der Waals surface area contributed by atoms with E-state index in [-0.39, 0.29) is 10.8 Å². The van der Waals surface area contributed by atoms with Crippen LogP contribution in [0.1, 0.15) is 0 Å². The van der Waals surface area contributed by atoms with E-state index in [1.54, 1.807) is 12.1 Å². The van der Waals surface area contributed by atoms with E-state index < -0.39 is 5.82 Å². The van der Waals surface area contributed by atoms with Crippen molar-refractivity contribution < 1.29 is 4.39 Å². The molecule has 0 atom stereocenters. The number of rotatable bonds is 2. The van der Waals surface area contributed by atoms with E-state index >= 15 is 0 Å². The van der Waals surface area contributed by atoms with Crippen LogP contribution >= 0.6 is 23.2 Å². The summed E-state index contributed by atoms with van der Waals surface area (Å²) >= 11 is 11.3. The third-order valence-corrected chi connectivity index (χ3v) is 2.24. The molecule has 3 nitrogen and oxygen atoms in total. The quantitative estimate of drug-likeness (QED) is 0.835. The van der Waals surface area contributed by atoms with Crippen LogP contribution in [0.5, 0.6) is 0 Å². The van der Waals surface area contributed by atoms with E-state index in [1.807, 2.05) is 0 Å². The largest absolute Gasteiger partial charge is 0.338 e. The Labute approximate surface area is 101 Å². The average molecular weight is 258 g/mol. The fourth-order valence-corrected chi connectivity index (χ4v) is 1.37. The highest BCUT2D eigenvalue weighted by atomic mass is 35.5. The molecule has 0 aliphatic heterocycles. The van der Waals surface area contributed by atoms with Crippen molar-refractivity contribution in [2.45, 2.75) is 0 Å². The van der Waals surface area contributed by atoms with Gasteiger partial charge in [-0.1, -0.05) is 23.2 Å². The molecule has 0 saturated heterocycles. The molecule has 2 aromatic heterocycles. The van der Waals surface area contributed by atoms with Crippen LogP contribution in [0.25, 0.3) is 0 Å². The minimum Gasteiger partial charge on any atom is -0.338 e. The molecule has 0 radical (unpaired) electrons. The molecule has 2 heterocycles. The second-order valence-corrected chi connectivity index (χ2v) is 3.80. The van der Waals surface area contributed by atoms with Crippen molar-refractivity contribution in [1.29, 1.82) is 0 Å². The fraction of sp³-hybridized carbons (Fsp3) is 0. The number of hydrogen-bond acceptors (Lipinski definition) is 3. The van der Waals surface area contributed by atoms with Gasteiger partial charge in [0.15, 0.2) is 5.82 Å². The maximum absolute atomic E-state index is 13.3. The predicted molar refractivity (Wildman–Crippen MR) is 61.7 cm³/mol. The van der Waals surface area contributed by atoms with Gasteiger partial charge in [-0.2, -0.15) is 0 Å². The first-order chi connectivity index (χ1) is 7.65. The Morgan fingerprint density at radius 1 is 1.12 bits per heavy atom. The monoisotopic (exact) mass is 257 g/mol. The third-order valence-electron chi connectivity index (χ3n) is 1.81. The van der Waals surface area contributed by atoms with E-state index in [0.717, 1.165) is 6.20 Å². The van der Waals surface area contributed by atoms with Crippen molar-refractivity contribution in [3.63, 3.8) is 0 Å². The minimum absolute atomic E-state index is 0.206. The Morgan fingerprint density at radius 2 is 1.94 bits per heavy atom. The van der Waals surface area contributed by atoms with Gasteiger partial charge in [0.05, 0.1) is 16.9 Å². The van der Waals surface area contributed by atoms with Crippen molar-refractivity contribution in [1.82, 2.24) is 9.97 Å². The van der Waals surface area contributed by atoms with Gasteiger partial charge in [0.2, 0.25) is 0 Å². The van der Waals surface area contributed by atoms with Gasteiger partial charge in [-0.25, -0.2) is 14.4 Å². The third kappa shape index (κ3) is 2.59. The molecule has 2 rings (SSSR count). The van der Waals surface area contributed by atoms with Gasteiger partial charge in [-0.3, -0.25) is 0 Å². The van der Waals surface area contributed by atoms with Crippen LogP contribution in [-0.2, 0) is 0 Å². The molecule has 0 aliphatic carbocycles. The number of nitrogens with one attached hydrogen (secondary N) is 1. The van der Waals surface area contributed by atoms with Gasteiger partial charge in [-0.05, 0) is 12.1 Å².